The van der Waals surface area contributed by atoms with E-state index < -0.39 is 5.97 Å². The third kappa shape index (κ3) is 4.71. The molecular weight excluding hydrogens is 398 g/mol. The van der Waals surface area contributed by atoms with Crippen LogP contribution in [0, 0.1) is 13.8 Å². The second-order valence-electron chi connectivity index (χ2n) is 6.79. The number of amides is 1. The molecule has 0 radical (unpaired) electrons. The summed E-state index contributed by atoms with van der Waals surface area (Å²) in [6.07, 6.45) is 0. The average Bonchev–Trinajstić information content (AvgIpc) is 3.14. The van der Waals surface area contributed by atoms with Crippen LogP contribution in [0.15, 0.2) is 47.8 Å². The maximum absolute atomic E-state index is 12.8. The van der Waals surface area contributed by atoms with E-state index in [-0.39, 0.29) is 12.5 Å². The molecule has 0 aliphatic carbocycles. The van der Waals surface area contributed by atoms with Crippen molar-refractivity contribution < 1.29 is 19.1 Å². The number of benzene rings is 2. The molecule has 2 aromatic carbocycles. The predicted octanol–water partition coefficient (Wildman–Crippen LogP) is 5.86. The minimum absolute atomic E-state index is 0.255. The molecule has 1 amide bonds. The van der Waals surface area contributed by atoms with E-state index in [0.29, 0.717) is 28.5 Å². The van der Waals surface area contributed by atoms with Crippen LogP contribution in [0.4, 0.5) is 5.00 Å². The van der Waals surface area contributed by atoms with Crippen molar-refractivity contribution in [2.24, 2.45) is 0 Å². The van der Waals surface area contributed by atoms with Crippen molar-refractivity contribution in [1.82, 2.24) is 0 Å². The van der Waals surface area contributed by atoms with Gasteiger partial charge in [0.25, 0.3) is 5.91 Å². The first-order chi connectivity index (χ1) is 14.4. The Morgan fingerprint density at radius 1 is 1.00 bits per heavy atom. The second-order valence-corrected chi connectivity index (χ2v) is 7.67. The van der Waals surface area contributed by atoms with Crippen LogP contribution >= 0.6 is 11.3 Å². The molecule has 0 unspecified atom stereocenters. The van der Waals surface area contributed by atoms with Crippen LogP contribution in [0.3, 0.4) is 0 Å². The zero-order valence-electron chi connectivity index (χ0n) is 17.6. The number of anilines is 1. The van der Waals surface area contributed by atoms with Gasteiger partial charge in [-0.25, -0.2) is 4.79 Å². The van der Waals surface area contributed by atoms with Gasteiger partial charge in [-0.05, 0) is 62.6 Å². The highest BCUT2D eigenvalue weighted by Crippen LogP contribution is 2.37. The minimum Gasteiger partial charge on any atom is -0.494 e. The number of esters is 1. The van der Waals surface area contributed by atoms with Gasteiger partial charge >= 0.3 is 5.97 Å². The maximum Gasteiger partial charge on any atom is 0.341 e. The molecule has 0 fully saturated rings. The highest BCUT2D eigenvalue weighted by atomic mass is 32.1. The fraction of sp³-hybridized carbons (Fsp3) is 0.250. The van der Waals surface area contributed by atoms with Gasteiger partial charge in [0.05, 0.1) is 13.2 Å². The lowest BCUT2D eigenvalue weighted by Crippen LogP contribution is -2.15. The molecule has 1 N–H and O–H groups in total. The van der Waals surface area contributed by atoms with Crippen molar-refractivity contribution in [3.8, 4) is 16.9 Å². The van der Waals surface area contributed by atoms with E-state index in [1.807, 2.05) is 44.4 Å². The van der Waals surface area contributed by atoms with Crippen LogP contribution in [0.1, 0.15) is 45.7 Å². The van der Waals surface area contributed by atoms with Gasteiger partial charge < -0.3 is 14.8 Å². The van der Waals surface area contributed by atoms with Gasteiger partial charge in [0.2, 0.25) is 0 Å². The number of carbonyl (C=O) groups excluding carboxylic acids is 2. The number of hydrogen-bond donors (Lipinski definition) is 1. The molecule has 3 rings (SSSR count). The average molecular weight is 424 g/mol. The number of hydrogen-bond acceptors (Lipinski definition) is 5. The molecule has 3 aromatic rings. The summed E-state index contributed by atoms with van der Waals surface area (Å²) in [5.74, 6) is -0.140. The summed E-state index contributed by atoms with van der Waals surface area (Å²) in [7, 11) is 0. The van der Waals surface area contributed by atoms with E-state index in [2.05, 4.69) is 5.32 Å². The van der Waals surface area contributed by atoms with Crippen molar-refractivity contribution in [3.05, 3.63) is 70.1 Å². The Morgan fingerprint density at radius 2 is 1.80 bits per heavy atom. The van der Waals surface area contributed by atoms with Gasteiger partial charge in [-0.3, -0.25) is 4.79 Å². The molecule has 30 heavy (non-hydrogen) atoms. The van der Waals surface area contributed by atoms with Gasteiger partial charge in [0.1, 0.15) is 16.3 Å². The van der Waals surface area contributed by atoms with Crippen LogP contribution in [0.25, 0.3) is 11.1 Å². The number of nitrogens with one attached hydrogen (secondary N) is 1. The largest absolute Gasteiger partial charge is 0.494 e. The lowest BCUT2D eigenvalue weighted by molar-refractivity contribution is 0.0529. The van der Waals surface area contributed by atoms with Crippen molar-refractivity contribution >= 4 is 28.2 Å². The summed E-state index contributed by atoms with van der Waals surface area (Å²) in [5, 5.41) is 5.22. The van der Waals surface area contributed by atoms with Crippen LogP contribution in [-0.2, 0) is 4.74 Å². The maximum atomic E-state index is 12.8. The molecule has 0 bridgehead atoms. The Bertz CT molecular complexity index is 1070. The molecule has 156 valence electrons. The Morgan fingerprint density at radius 3 is 2.50 bits per heavy atom. The predicted molar refractivity (Wildman–Crippen MR) is 121 cm³/mol. The quantitative estimate of drug-likeness (QED) is 0.484. The van der Waals surface area contributed by atoms with E-state index in [4.69, 9.17) is 9.47 Å². The van der Waals surface area contributed by atoms with Gasteiger partial charge in [-0.1, -0.05) is 24.3 Å². The van der Waals surface area contributed by atoms with Crippen molar-refractivity contribution in [1.29, 1.82) is 0 Å². The summed E-state index contributed by atoms with van der Waals surface area (Å²) < 4.78 is 10.7. The molecule has 0 spiro atoms. The van der Waals surface area contributed by atoms with Crippen LogP contribution in [-0.4, -0.2) is 25.1 Å². The summed E-state index contributed by atoms with van der Waals surface area (Å²) in [6, 6.07) is 13.0. The highest BCUT2D eigenvalue weighted by Gasteiger charge is 2.23. The van der Waals surface area contributed by atoms with Gasteiger partial charge in [0, 0.05) is 16.5 Å². The molecule has 0 saturated heterocycles. The summed E-state index contributed by atoms with van der Waals surface area (Å²) in [6.45, 7) is 8.49. The van der Waals surface area contributed by atoms with Gasteiger partial charge in [0.15, 0.2) is 0 Å². The van der Waals surface area contributed by atoms with E-state index >= 15 is 0 Å². The minimum atomic E-state index is -0.453. The first-order valence-corrected chi connectivity index (χ1v) is 10.7. The molecule has 0 aliphatic heterocycles. The lowest BCUT2D eigenvalue weighted by atomic mass is 9.99. The molecule has 0 atom stereocenters. The molecule has 1 aromatic heterocycles. The first-order valence-electron chi connectivity index (χ1n) is 9.85. The fourth-order valence-electron chi connectivity index (χ4n) is 3.05. The highest BCUT2D eigenvalue weighted by molar-refractivity contribution is 7.15. The number of thiophene rings is 1. The summed E-state index contributed by atoms with van der Waals surface area (Å²) in [5.41, 5.74) is 4.80. The van der Waals surface area contributed by atoms with E-state index in [1.54, 1.807) is 31.2 Å². The van der Waals surface area contributed by atoms with E-state index in [9.17, 15) is 9.59 Å². The van der Waals surface area contributed by atoms with Gasteiger partial charge in [-0.15, -0.1) is 11.3 Å². The number of ether oxygens (including phenoxy) is 2. The standard InChI is InChI=1S/C24H25NO4S/c1-5-28-19-9-7-8-18(13-19)22(26)25-23-21(24(27)29-6-2)20(14-30-23)17-11-10-15(3)16(4)12-17/h7-14H,5-6H2,1-4H3,(H,25,26). The van der Waals surface area contributed by atoms with Crippen molar-refractivity contribution in [2.75, 3.05) is 18.5 Å². The number of carbonyl (C=O) groups is 2. The second kappa shape index (κ2) is 9.59. The topological polar surface area (TPSA) is 64.6 Å². The van der Waals surface area contributed by atoms with Crippen molar-refractivity contribution in [2.45, 2.75) is 27.7 Å². The lowest BCUT2D eigenvalue weighted by Gasteiger charge is -2.10. The fourth-order valence-corrected chi connectivity index (χ4v) is 4.00. The molecule has 5 nitrogen and oxygen atoms in total. The molecule has 1 heterocycles. The Balaban J connectivity index is 1.97. The summed E-state index contributed by atoms with van der Waals surface area (Å²) >= 11 is 1.31. The van der Waals surface area contributed by atoms with E-state index in [1.165, 1.54) is 16.9 Å². The van der Waals surface area contributed by atoms with Crippen LogP contribution in [0.5, 0.6) is 5.75 Å². The van der Waals surface area contributed by atoms with Crippen LogP contribution in [0.2, 0.25) is 0 Å². The normalized spacial score (nSPS) is 10.5. The van der Waals surface area contributed by atoms with E-state index in [0.717, 1.165) is 16.7 Å². The molecule has 0 saturated carbocycles. The number of rotatable bonds is 7. The Hall–Kier alpha value is -3.12. The zero-order chi connectivity index (χ0) is 21.7. The Labute approximate surface area is 180 Å². The summed E-state index contributed by atoms with van der Waals surface area (Å²) in [4.78, 5) is 25.6. The van der Waals surface area contributed by atoms with Crippen LogP contribution < -0.4 is 10.1 Å². The third-order valence-electron chi connectivity index (χ3n) is 4.72. The monoisotopic (exact) mass is 423 g/mol. The van der Waals surface area contributed by atoms with Crippen molar-refractivity contribution in [3.63, 3.8) is 0 Å². The number of aryl methyl sites for hydroxylation is 2. The molecule has 0 aliphatic rings. The molecular formula is C24H25NO4S. The molecule has 6 heteroatoms. The smallest absolute Gasteiger partial charge is 0.341 e. The van der Waals surface area contributed by atoms with Gasteiger partial charge in [-0.2, -0.15) is 0 Å². The zero-order valence-corrected chi connectivity index (χ0v) is 18.4. The SMILES string of the molecule is CCOC(=O)c1c(-c2ccc(C)c(C)c2)csc1NC(=O)c1cccc(OCC)c1. The Kier molecular flexibility index (Phi) is 6.90. The third-order valence-corrected chi connectivity index (χ3v) is 5.62. The first kappa shape index (κ1) is 21.6.